The van der Waals surface area contributed by atoms with Crippen molar-refractivity contribution in [2.45, 2.75) is 63.7 Å². The van der Waals surface area contributed by atoms with E-state index in [1.54, 1.807) is 36.4 Å². The van der Waals surface area contributed by atoms with Crippen LogP contribution >= 0.6 is 0 Å². The fraction of sp³-hybridized carbons (Fsp3) is 0.343. The molecule has 1 aliphatic heterocycles. The first-order valence-corrected chi connectivity index (χ1v) is 15.0. The topological polar surface area (TPSA) is 105 Å². The van der Waals surface area contributed by atoms with E-state index in [-0.39, 0.29) is 35.8 Å². The van der Waals surface area contributed by atoms with Crippen LogP contribution in [-0.2, 0) is 0 Å². The molecule has 1 N–H and O–H groups in total. The Balaban J connectivity index is 0.996. The molecule has 2 aliphatic rings. The Morgan fingerprint density at radius 2 is 1.47 bits per heavy atom. The van der Waals surface area contributed by atoms with Gasteiger partial charge in [0.2, 0.25) is 0 Å². The number of carbonyl (C=O) groups is 2. The molecule has 1 saturated heterocycles. The normalized spacial score (nSPS) is 19.0. The van der Waals surface area contributed by atoms with Crippen LogP contribution in [0.25, 0.3) is 11.0 Å². The lowest BCUT2D eigenvalue weighted by Gasteiger charge is -2.32. The highest BCUT2D eigenvalue weighted by Gasteiger charge is 2.27. The van der Waals surface area contributed by atoms with Crippen molar-refractivity contribution in [2.75, 3.05) is 13.1 Å². The number of benzene rings is 3. The largest absolute Gasteiger partial charge is 0.490 e. The number of nitrogens with zero attached hydrogens (tertiary/aromatic N) is 2. The van der Waals surface area contributed by atoms with Crippen molar-refractivity contribution >= 4 is 22.8 Å². The molecular weight excluding hydrogens is 542 g/mol. The van der Waals surface area contributed by atoms with Gasteiger partial charge in [-0.1, -0.05) is 17.7 Å². The smallest absolute Gasteiger partial charge is 0.287 e. The molecule has 2 fully saturated rings. The Kier molecular flexibility index (Phi) is 8.32. The summed E-state index contributed by atoms with van der Waals surface area (Å²) in [5.41, 5.74) is 2.96. The van der Waals surface area contributed by atoms with E-state index in [1.807, 2.05) is 41.3 Å². The summed E-state index contributed by atoms with van der Waals surface area (Å²) < 4.78 is 18.0. The summed E-state index contributed by atoms with van der Waals surface area (Å²) in [6.07, 6.45) is 4.99. The molecular formula is C35H35N3O5. The number of amides is 2. The van der Waals surface area contributed by atoms with E-state index in [9.17, 15) is 9.59 Å². The first kappa shape index (κ1) is 28.4. The van der Waals surface area contributed by atoms with E-state index in [0.717, 1.165) is 55.4 Å². The number of rotatable bonds is 7. The second-order valence-electron chi connectivity index (χ2n) is 11.5. The van der Waals surface area contributed by atoms with Crippen LogP contribution in [0.5, 0.6) is 11.5 Å². The van der Waals surface area contributed by atoms with E-state index in [2.05, 4.69) is 18.3 Å². The van der Waals surface area contributed by atoms with Gasteiger partial charge in [-0.2, -0.15) is 5.26 Å². The number of fused-ring (bicyclic) bond motifs is 1. The van der Waals surface area contributed by atoms with Crippen LogP contribution in [0.3, 0.4) is 0 Å². The molecule has 43 heavy (non-hydrogen) atoms. The van der Waals surface area contributed by atoms with Gasteiger partial charge in [0.25, 0.3) is 11.8 Å². The van der Waals surface area contributed by atoms with Crippen LogP contribution in [0.4, 0.5) is 0 Å². The second kappa shape index (κ2) is 12.6. The molecule has 1 aromatic heterocycles. The molecule has 1 saturated carbocycles. The Bertz CT molecular complexity index is 1620. The van der Waals surface area contributed by atoms with E-state index in [0.29, 0.717) is 29.8 Å². The number of furan rings is 1. The summed E-state index contributed by atoms with van der Waals surface area (Å²) in [6.45, 7) is 3.31. The zero-order chi connectivity index (χ0) is 29.8. The second-order valence-corrected chi connectivity index (χ2v) is 11.5. The fourth-order valence-electron chi connectivity index (χ4n) is 5.84. The number of hydrogen-bond acceptors (Lipinski definition) is 6. The molecule has 220 valence electrons. The van der Waals surface area contributed by atoms with Gasteiger partial charge >= 0.3 is 0 Å². The van der Waals surface area contributed by atoms with E-state index < -0.39 is 0 Å². The highest BCUT2D eigenvalue weighted by atomic mass is 16.5. The quantitative estimate of drug-likeness (QED) is 0.272. The van der Waals surface area contributed by atoms with Gasteiger partial charge < -0.3 is 24.1 Å². The van der Waals surface area contributed by atoms with Gasteiger partial charge in [0.15, 0.2) is 5.76 Å². The summed E-state index contributed by atoms with van der Waals surface area (Å²) in [5.74, 6) is 1.58. The molecule has 8 heteroatoms. The fourth-order valence-corrected chi connectivity index (χ4v) is 5.84. The number of aryl methyl sites for hydroxylation is 1. The average Bonchev–Trinajstić information content (AvgIpc) is 3.47. The SMILES string of the molecule is Cc1ccc(OC2CCN(C(=O)c3ccc4oc(C(=O)NC5CCC(Oc6ccc(C#N)cc6)CC5)cc4c3)CC2)cc1. The zero-order valence-electron chi connectivity index (χ0n) is 24.3. The molecule has 0 bridgehead atoms. The van der Waals surface area contributed by atoms with Gasteiger partial charge in [0.1, 0.15) is 23.2 Å². The molecule has 0 unspecified atom stereocenters. The Morgan fingerprint density at radius 1 is 0.837 bits per heavy atom. The first-order chi connectivity index (χ1) is 20.9. The summed E-state index contributed by atoms with van der Waals surface area (Å²) in [4.78, 5) is 28.1. The lowest BCUT2D eigenvalue weighted by Crippen LogP contribution is -2.41. The van der Waals surface area contributed by atoms with Gasteiger partial charge in [0, 0.05) is 42.9 Å². The number of nitriles is 1. The lowest BCUT2D eigenvalue weighted by atomic mass is 9.93. The van der Waals surface area contributed by atoms with E-state index in [4.69, 9.17) is 19.2 Å². The number of likely N-dealkylation sites (tertiary alicyclic amines) is 1. The van der Waals surface area contributed by atoms with Crippen molar-refractivity contribution in [3.63, 3.8) is 0 Å². The van der Waals surface area contributed by atoms with Crippen LogP contribution in [0.2, 0.25) is 0 Å². The van der Waals surface area contributed by atoms with E-state index in [1.165, 1.54) is 5.56 Å². The Morgan fingerprint density at radius 3 is 2.12 bits per heavy atom. The molecule has 0 radical (unpaired) electrons. The first-order valence-electron chi connectivity index (χ1n) is 15.0. The predicted molar refractivity (Wildman–Crippen MR) is 162 cm³/mol. The van der Waals surface area contributed by atoms with Gasteiger partial charge in [-0.15, -0.1) is 0 Å². The molecule has 2 heterocycles. The van der Waals surface area contributed by atoms with Crippen molar-refractivity contribution in [3.8, 4) is 17.6 Å². The maximum absolute atomic E-state index is 13.3. The van der Waals surface area contributed by atoms with Crippen LogP contribution in [0, 0.1) is 18.3 Å². The van der Waals surface area contributed by atoms with Crippen molar-refractivity contribution in [1.82, 2.24) is 10.2 Å². The molecule has 3 aromatic carbocycles. The number of nitrogens with one attached hydrogen (secondary N) is 1. The number of carbonyl (C=O) groups excluding carboxylic acids is 2. The summed E-state index contributed by atoms with van der Waals surface area (Å²) in [7, 11) is 0. The maximum Gasteiger partial charge on any atom is 0.287 e. The lowest BCUT2D eigenvalue weighted by molar-refractivity contribution is 0.0595. The van der Waals surface area contributed by atoms with Crippen LogP contribution < -0.4 is 14.8 Å². The highest BCUT2D eigenvalue weighted by Crippen LogP contribution is 2.27. The van der Waals surface area contributed by atoms with Crippen LogP contribution in [0.1, 0.15) is 70.6 Å². The Labute approximate surface area is 251 Å². The summed E-state index contributed by atoms with van der Waals surface area (Å²) in [5, 5.41) is 12.8. The molecule has 6 rings (SSSR count). The number of ether oxygens (including phenoxy) is 2. The highest BCUT2D eigenvalue weighted by molar-refractivity contribution is 6.00. The molecule has 1 aliphatic carbocycles. The third kappa shape index (κ3) is 6.83. The molecule has 4 aromatic rings. The van der Waals surface area contributed by atoms with Crippen molar-refractivity contribution in [1.29, 1.82) is 5.26 Å². The monoisotopic (exact) mass is 577 g/mol. The molecule has 2 amide bonds. The van der Waals surface area contributed by atoms with Crippen LogP contribution in [-0.4, -0.2) is 48.1 Å². The zero-order valence-corrected chi connectivity index (χ0v) is 24.3. The number of piperidine rings is 1. The predicted octanol–water partition coefficient (Wildman–Crippen LogP) is 6.42. The van der Waals surface area contributed by atoms with Crippen molar-refractivity contribution in [2.24, 2.45) is 0 Å². The average molecular weight is 578 g/mol. The number of hydrogen-bond donors (Lipinski definition) is 1. The molecule has 0 atom stereocenters. The minimum Gasteiger partial charge on any atom is -0.490 e. The maximum atomic E-state index is 13.3. The molecule has 0 spiro atoms. The van der Waals surface area contributed by atoms with E-state index >= 15 is 0 Å². The standard InChI is InChI=1S/C35H35N3O5/c1-23-2-9-28(10-3-23)42-31-16-18-38(19-17-31)35(40)25-6-15-32-26(20-25)21-33(43-32)34(39)37-27-7-13-30(14-8-27)41-29-11-4-24(22-36)5-12-29/h2-6,9-12,15,20-21,27,30-31H,7-8,13-14,16-19H2,1H3,(H,37,39). The van der Waals surface area contributed by atoms with Gasteiger partial charge in [-0.3, -0.25) is 9.59 Å². The van der Waals surface area contributed by atoms with Crippen molar-refractivity contribution in [3.05, 3.63) is 95.2 Å². The minimum atomic E-state index is -0.254. The third-order valence-electron chi connectivity index (χ3n) is 8.34. The third-order valence-corrected chi connectivity index (χ3v) is 8.34. The molecule has 8 nitrogen and oxygen atoms in total. The minimum absolute atomic E-state index is 0.0251. The van der Waals surface area contributed by atoms with Crippen molar-refractivity contribution < 1.29 is 23.5 Å². The van der Waals surface area contributed by atoms with Crippen LogP contribution in [0.15, 0.2) is 77.2 Å². The van der Waals surface area contributed by atoms with Gasteiger partial charge in [0.05, 0.1) is 17.7 Å². The van der Waals surface area contributed by atoms with Gasteiger partial charge in [-0.05, 0) is 93.3 Å². The summed E-state index contributed by atoms with van der Waals surface area (Å²) in [6, 6.07) is 24.4. The van der Waals surface area contributed by atoms with Gasteiger partial charge in [-0.25, -0.2) is 0 Å². The summed E-state index contributed by atoms with van der Waals surface area (Å²) >= 11 is 0. The Hall–Kier alpha value is -4.77.